The summed E-state index contributed by atoms with van der Waals surface area (Å²) in [5.41, 5.74) is 4.50. The number of aromatic amines is 1. The fourth-order valence-electron chi connectivity index (χ4n) is 3.61. The summed E-state index contributed by atoms with van der Waals surface area (Å²) >= 11 is 6.63. The third kappa shape index (κ3) is 4.93. The van der Waals surface area contributed by atoms with Gasteiger partial charge in [0.05, 0.1) is 39.5 Å². The second-order valence-electron chi connectivity index (χ2n) is 9.14. The van der Waals surface area contributed by atoms with Crippen LogP contribution in [-0.4, -0.2) is 26.9 Å². The molecule has 3 N–H and O–H groups in total. The van der Waals surface area contributed by atoms with Crippen LogP contribution in [0.5, 0.6) is 0 Å². The maximum absolute atomic E-state index is 9.69. The molecule has 4 rings (SSSR count). The molecule has 170 valence electrons. The molecule has 0 radical (unpaired) electrons. The molecule has 0 saturated carbocycles. The van der Waals surface area contributed by atoms with Crippen LogP contribution >= 0.6 is 11.6 Å². The van der Waals surface area contributed by atoms with Crippen LogP contribution in [0.25, 0.3) is 10.9 Å². The van der Waals surface area contributed by atoms with Gasteiger partial charge in [-0.15, -0.1) is 5.10 Å². The summed E-state index contributed by atoms with van der Waals surface area (Å²) in [6, 6.07) is 15.0. The predicted molar refractivity (Wildman–Crippen MR) is 132 cm³/mol. The highest BCUT2D eigenvalue weighted by atomic mass is 35.5. The highest BCUT2D eigenvalue weighted by Gasteiger charge is 2.20. The Morgan fingerprint density at radius 2 is 1.97 bits per heavy atom. The van der Waals surface area contributed by atoms with Gasteiger partial charge in [-0.05, 0) is 35.2 Å². The third-order valence-corrected chi connectivity index (χ3v) is 5.52. The minimum atomic E-state index is -0.390. The molecule has 0 aliphatic rings. The van der Waals surface area contributed by atoms with Gasteiger partial charge >= 0.3 is 0 Å². The summed E-state index contributed by atoms with van der Waals surface area (Å²) in [4.78, 5) is 4.42. The number of H-pyrrole nitrogens is 1. The Balaban J connectivity index is 1.81. The van der Waals surface area contributed by atoms with Crippen LogP contribution in [0.4, 0.5) is 11.4 Å². The second kappa shape index (κ2) is 9.38. The first kappa shape index (κ1) is 23.0. The van der Waals surface area contributed by atoms with Crippen molar-refractivity contribution < 1.29 is 0 Å². The van der Waals surface area contributed by atoms with E-state index in [1.165, 1.54) is 6.20 Å². The molecule has 8 nitrogen and oxygen atoms in total. The number of anilines is 2. The van der Waals surface area contributed by atoms with Crippen LogP contribution < -0.4 is 10.6 Å². The van der Waals surface area contributed by atoms with Crippen molar-refractivity contribution in [1.82, 2.24) is 20.4 Å². The second-order valence-corrected chi connectivity index (χ2v) is 9.55. The van der Waals surface area contributed by atoms with E-state index < -0.39 is 6.04 Å². The number of benzene rings is 2. The first-order chi connectivity index (χ1) is 16.3. The maximum atomic E-state index is 9.69. The van der Waals surface area contributed by atoms with E-state index in [2.05, 4.69) is 63.9 Å². The summed E-state index contributed by atoms with van der Waals surface area (Å²) in [5, 5.41) is 37.9. The largest absolute Gasteiger partial charge is 0.383 e. The van der Waals surface area contributed by atoms with Crippen molar-refractivity contribution in [2.24, 2.45) is 5.41 Å². The molecule has 0 aliphatic carbocycles. The van der Waals surface area contributed by atoms with Gasteiger partial charge in [-0.25, -0.2) is 0 Å². The lowest BCUT2D eigenvalue weighted by atomic mass is 9.96. The number of hydrogen-bond acceptors (Lipinski definition) is 7. The number of nitrogens with zero attached hydrogens (tertiary/aromatic N) is 5. The Labute approximate surface area is 202 Å². The van der Waals surface area contributed by atoms with E-state index >= 15 is 0 Å². The van der Waals surface area contributed by atoms with E-state index in [4.69, 9.17) is 11.6 Å². The molecule has 2 aromatic heterocycles. The van der Waals surface area contributed by atoms with E-state index in [-0.39, 0.29) is 5.41 Å². The Morgan fingerprint density at radius 1 is 1.15 bits per heavy atom. The number of rotatable bonds is 6. The van der Waals surface area contributed by atoms with Crippen molar-refractivity contribution in [3.05, 3.63) is 76.2 Å². The van der Waals surface area contributed by atoms with Crippen molar-refractivity contribution in [1.29, 1.82) is 10.5 Å². The summed E-state index contributed by atoms with van der Waals surface area (Å²) in [6.07, 6.45) is 3.24. The minimum absolute atomic E-state index is 0.00573. The number of nitrogens with one attached hydrogen (secondary N) is 3. The summed E-state index contributed by atoms with van der Waals surface area (Å²) in [5.74, 6) is 0. The zero-order valence-electron chi connectivity index (χ0n) is 19.0. The van der Waals surface area contributed by atoms with Crippen LogP contribution in [-0.2, 0) is 0 Å². The summed E-state index contributed by atoms with van der Waals surface area (Å²) in [7, 11) is 0. The first-order valence-corrected chi connectivity index (χ1v) is 11.1. The molecule has 34 heavy (non-hydrogen) atoms. The van der Waals surface area contributed by atoms with Gasteiger partial charge in [0.2, 0.25) is 0 Å². The lowest BCUT2D eigenvalue weighted by molar-refractivity contribution is 0.443. The molecule has 0 spiro atoms. The van der Waals surface area contributed by atoms with E-state index in [0.29, 0.717) is 45.3 Å². The predicted octanol–water partition coefficient (Wildman–Crippen LogP) is 5.41. The molecule has 0 aliphatic heterocycles. The molecule has 1 atom stereocenters. The maximum Gasteiger partial charge on any atom is 0.109 e. The van der Waals surface area contributed by atoms with Crippen molar-refractivity contribution >= 4 is 33.9 Å². The van der Waals surface area contributed by atoms with Gasteiger partial charge in [0.1, 0.15) is 11.8 Å². The highest BCUT2D eigenvalue weighted by molar-refractivity contribution is 6.35. The zero-order chi connectivity index (χ0) is 24.3. The molecule has 0 saturated heterocycles. The number of fused-ring (bicyclic) bond motifs is 1. The SMILES string of the molecule is CC(C)(C)CNc1c(C#N)cnc2c(Cl)cc(NC(c3cccc(C#N)c3)c3c[nH]nn3)cc12. The van der Waals surface area contributed by atoms with Gasteiger partial charge < -0.3 is 10.6 Å². The summed E-state index contributed by atoms with van der Waals surface area (Å²) < 4.78 is 0. The quantitative estimate of drug-likeness (QED) is 0.344. The number of aromatic nitrogens is 4. The normalized spacial score (nSPS) is 12.1. The topological polar surface area (TPSA) is 126 Å². The van der Waals surface area contributed by atoms with Crippen LogP contribution in [0.15, 0.2) is 48.8 Å². The smallest absolute Gasteiger partial charge is 0.109 e. The number of halogens is 1. The van der Waals surface area contributed by atoms with Gasteiger partial charge in [0.15, 0.2) is 0 Å². The highest BCUT2D eigenvalue weighted by Crippen LogP contribution is 2.36. The zero-order valence-corrected chi connectivity index (χ0v) is 19.8. The van der Waals surface area contributed by atoms with Crippen molar-refractivity contribution in [2.45, 2.75) is 26.8 Å². The average molecular weight is 471 g/mol. The van der Waals surface area contributed by atoms with Crippen LogP contribution in [0.2, 0.25) is 5.02 Å². The standard InChI is InChI=1S/C25H23ClN8/c1-25(2,3)14-30-22-17(11-28)12-29-24-19(22)8-18(9-20(24)26)32-23(21-13-31-34-33-21)16-6-4-5-15(7-16)10-27/h4-9,12-13,23,32H,14H2,1-3H3,(H,29,30)(H,31,33,34). The Morgan fingerprint density at radius 3 is 2.65 bits per heavy atom. The van der Waals surface area contributed by atoms with E-state index in [1.54, 1.807) is 24.4 Å². The molecule has 0 amide bonds. The van der Waals surface area contributed by atoms with Crippen molar-refractivity contribution in [3.8, 4) is 12.1 Å². The number of nitriles is 2. The van der Waals surface area contributed by atoms with E-state index in [9.17, 15) is 10.5 Å². The molecule has 0 bridgehead atoms. The molecule has 9 heteroatoms. The number of hydrogen-bond donors (Lipinski definition) is 3. The lowest BCUT2D eigenvalue weighted by Gasteiger charge is -2.22. The molecule has 1 unspecified atom stereocenters. The van der Waals surface area contributed by atoms with Gasteiger partial charge in [-0.1, -0.05) is 49.7 Å². The fourth-order valence-corrected chi connectivity index (χ4v) is 3.87. The summed E-state index contributed by atoms with van der Waals surface area (Å²) in [6.45, 7) is 7.02. The van der Waals surface area contributed by atoms with E-state index in [1.807, 2.05) is 18.2 Å². The average Bonchev–Trinajstić information content (AvgIpc) is 3.35. The van der Waals surface area contributed by atoms with Crippen LogP contribution in [0.1, 0.15) is 49.2 Å². The van der Waals surface area contributed by atoms with Gasteiger partial charge in [0, 0.05) is 30.0 Å². The Kier molecular flexibility index (Phi) is 6.36. The first-order valence-electron chi connectivity index (χ1n) is 10.7. The Hall–Kier alpha value is -4.14. The monoisotopic (exact) mass is 470 g/mol. The van der Waals surface area contributed by atoms with Gasteiger partial charge in [-0.2, -0.15) is 10.5 Å². The fraction of sp³-hybridized carbons (Fsp3) is 0.240. The Bertz CT molecular complexity index is 1410. The van der Waals surface area contributed by atoms with Crippen LogP contribution in [0.3, 0.4) is 0 Å². The molecular formula is C25H23ClN8. The van der Waals surface area contributed by atoms with Crippen LogP contribution in [0, 0.1) is 28.1 Å². The van der Waals surface area contributed by atoms with Gasteiger partial charge in [-0.3, -0.25) is 10.1 Å². The molecule has 2 aromatic carbocycles. The molecule has 0 fully saturated rings. The lowest BCUT2D eigenvalue weighted by Crippen LogP contribution is -2.20. The van der Waals surface area contributed by atoms with Crippen molar-refractivity contribution in [2.75, 3.05) is 17.2 Å². The van der Waals surface area contributed by atoms with Crippen molar-refractivity contribution in [3.63, 3.8) is 0 Å². The number of pyridine rings is 1. The molecule has 4 aromatic rings. The minimum Gasteiger partial charge on any atom is -0.383 e. The van der Waals surface area contributed by atoms with Gasteiger partial charge in [0.25, 0.3) is 0 Å². The third-order valence-electron chi connectivity index (χ3n) is 5.23. The molecule has 2 heterocycles. The molecular weight excluding hydrogens is 448 g/mol. The van der Waals surface area contributed by atoms with E-state index in [0.717, 1.165) is 10.9 Å².